The summed E-state index contributed by atoms with van der Waals surface area (Å²) in [5, 5.41) is 3.09. The number of hydrogen-bond acceptors (Lipinski definition) is 4. The van der Waals surface area contributed by atoms with E-state index in [1.807, 2.05) is 6.92 Å². The molecule has 1 heterocycles. The van der Waals surface area contributed by atoms with Gasteiger partial charge in [-0.3, -0.25) is 9.69 Å². The van der Waals surface area contributed by atoms with Gasteiger partial charge in [0.1, 0.15) is 0 Å². The number of nitrogens with zero attached hydrogens (tertiary/aromatic N) is 1. The van der Waals surface area contributed by atoms with E-state index in [4.69, 9.17) is 0 Å². The molecule has 1 atom stereocenters. The smallest absolute Gasteiger partial charge is 0.223 e. The molecule has 1 fully saturated rings. The zero-order valence-corrected chi connectivity index (χ0v) is 18.2. The van der Waals surface area contributed by atoms with Gasteiger partial charge in [-0.05, 0) is 63.0 Å². The van der Waals surface area contributed by atoms with Crippen LogP contribution in [0, 0.1) is 12.8 Å². The molecule has 156 valence electrons. The van der Waals surface area contributed by atoms with Gasteiger partial charge in [-0.15, -0.1) is 0 Å². The molecule has 1 amide bonds. The van der Waals surface area contributed by atoms with Gasteiger partial charge in [0.05, 0.1) is 10.9 Å². The van der Waals surface area contributed by atoms with Gasteiger partial charge in [0.25, 0.3) is 0 Å². The molecule has 1 saturated heterocycles. The van der Waals surface area contributed by atoms with E-state index in [-0.39, 0.29) is 17.9 Å². The van der Waals surface area contributed by atoms with Crippen LogP contribution in [0.25, 0.3) is 0 Å². The molecule has 1 aliphatic heterocycles. The maximum atomic E-state index is 12.7. The van der Waals surface area contributed by atoms with Crippen molar-refractivity contribution in [3.63, 3.8) is 0 Å². The summed E-state index contributed by atoms with van der Waals surface area (Å²) in [5.41, 5.74) is 3.48. The Kier molecular flexibility index (Phi) is 6.75. The molecule has 3 rings (SSSR count). The van der Waals surface area contributed by atoms with Crippen molar-refractivity contribution in [2.45, 2.75) is 44.2 Å². The van der Waals surface area contributed by atoms with Crippen molar-refractivity contribution in [2.75, 3.05) is 19.3 Å². The zero-order chi connectivity index (χ0) is 21.0. The van der Waals surface area contributed by atoms with E-state index < -0.39 is 9.84 Å². The molecule has 1 aliphatic rings. The minimum absolute atomic E-state index is 0.0296. The number of rotatable bonds is 6. The molecule has 5 nitrogen and oxygen atoms in total. The summed E-state index contributed by atoms with van der Waals surface area (Å²) in [6, 6.07) is 15.2. The lowest BCUT2D eigenvalue weighted by Crippen LogP contribution is -2.40. The number of carbonyl (C=O) groups excluding carboxylic acids is 1. The van der Waals surface area contributed by atoms with Crippen LogP contribution in [-0.2, 0) is 21.2 Å². The Bertz CT molecular complexity index is 929. The van der Waals surface area contributed by atoms with Gasteiger partial charge >= 0.3 is 0 Å². The number of benzene rings is 2. The molecule has 6 heteroatoms. The molecular weight excluding hydrogens is 384 g/mol. The molecule has 0 saturated carbocycles. The summed E-state index contributed by atoms with van der Waals surface area (Å²) >= 11 is 0. The van der Waals surface area contributed by atoms with Crippen LogP contribution in [0.5, 0.6) is 0 Å². The van der Waals surface area contributed by atoms with Gasteiger partial charge in [-0.1, -0.05) is 42.0 Å². The van der Waals surface area contributed by atoms with Crippen molar-refractivity contribution < 1.29 is 13.2 Å². The predicted molar refractivity (Wildman–Crippen MR) is 115 cm³/mol. The maximum Gasteiger partial charge on any atom is 0.223 e. The molecule has 0 aliphatic carbocycles. The van der Waals surface area contributed by atoms with Crippen molar-refractivity contribution >= 4 is 15.7 Å². The number of nitrogens with one attached hydrogen (secondary N) is 1. The van der Waals surface area contributed by atoms with Crippen LogP contribution >= 0.6 is 0 Å². The largest absolute Gasteiger partial charge is 0.349 e. The Labute approximate surface area is 174 Å². The van der Waals surface area contributed by atoms with Crippen LogP contribution in [0.3, 0.4) is 0 Å². The molecule has 1 N–H and O–H groups in total. The molecule has 0 unspecified atom stereocenters. The second-order valence-corrected chi connectivity index (χ2v) is 10.1. The summed E-state index contributed by atoms with van der Waals surface area (Å²) < 4.78 is 23.2. The normalized spacial score (nSPS) is 17.1. The van der Waals surface area contributed by atoms with E-state index in [2.05, 4.69) is 41.4 Å². The highest BCUT2D eigenvalue weighted by molar-refractivity contribution is 7.90. The van der Waals surface area contributed by atoms with Crippen LogP contribution in [0.15, 0.2) is 53.4 Å². The van der Waals surface area contributed by atoms with Gasteiger partial charge in [-0.25, -0.2) is 8.42 Å². The van der Waals surface area contributed by atoms with Crippen molar-refractivity contribution in [1.82, 2.24) is 10.2 Å². The van der Waals surface area contributed by atoms with Crippen LogP contribution in [0.1, 0.15) is 42.5 Å². The first-order valence-electron chi connectivity index (χ1n) is 10.1. The average molecular weight is 415 g/mol. The van der Waals surface area contributed by atoms with Crippen molar-refractivity contribution in [3.05, 3.63) is 65.2 Å². The van der Waals surface area contributed by atoms with Crippen molar-refractivity contribution in [3.8, 4) is 0 Å². The van der Waals surface area contributed by atoms with Crippen LogP contribution in [0.2, 0.25) is 0 Å². The first-order chi connectivity index (χ1) is 13.7. The predicted octanol–water partition coefficient (Wildman–Crippen LogP) is 3.49. The van der Waals surface area contributed by atoms with Gasteiger partial charge in [0.15, 0.2) is 9.84 Å². The van der Waals surface area contributed by atoms with Crippen molar-refractivity contribution in [1.29, 1.82) is 0 Å². The number of sulfone groups is 1. The fourth-order valence-corrected chi connectivity index (χ4v) is 4.35. The van der Waals surface area contributed by atoms with Crippen LogP contribution in [0.4, 0.5) is 0 Å². The highest BCUT2D eigenvalue weighted by Gasteiger charge is 2.26. The van der Waals surface area contributed by atoms with Gasteiger partial charge in [0, 0.05) is 18.7 Å². The molecule has 0 aromatic heterocycles. The van der Waals surface area contributed by atoms with E-state index in [0.29, 0.717) is 4.90 Å². The van der Waals surface area contributed by atoms with E-state index in [1.165, 1.54) is 17.4 Å². The summed E-state index contributed by atoms with van der Waals surface area (Å²) in [4.78, 5) is 15.4. The van der Waals surface area contributed by atoms with E-state index in [9.17, 15) is 13.2 Å². The topological polar surface area (TPSA) is 66.5 Å². The molecule has 0 spiro atoms. The average Bonchev–Trinajstić information content (AvgIpc) is 2.69. The fraction of sp³-hybridized carbons (Fsp3) is 0.435. The van der Waals surface area contributed by atoms with Gasteiger partial charge < -0.3 is 5.32 Å². The summed E-state index contributed by atoms with van der Waals surface area (Å²) in [7, 11) is -3.21. The Morgan fingerprint density at radius 1 is 1.07 bits per heavy atom. The quantitative estimate of drug-likeness (QED) is 0.786. The molecule has 29 heavy (non-hydrogen) atoms. The third-order valence-electron chi connectivity index (χ3n) is 5.65. The fourth-order valence-electron chi connectivity index (χ4n) is 3.72. The van der Waals surface area contributed by atoms with E-state index in [1.54, 1.807) is 24.3 Å². The van der Waals surface area contributed by atoms with Gasteiger partial charge in [0.2, 0.25) is 5.91 Å². The Hall–Kier alpha value is -2.18. The monoisotopic (exact) mass is 414 g/mol. The number of amides is 1. The first kappa shape index (κ1) is 21.5. The van der Waals surface area contributed by atoms with E-state index >= 15 is 0 Å². The first-order valence-corrected chi connectivity index (χ1v) is 12.0. The SMILES string of the molecule is Cc1ccc(CN2CCC(C(=O)N[C@H](C)c3ccc(S(C)(=O)=O)cc3)CC2)cc1. The number of likely N-dealkylation sites (tertiary alicyclic amines) is 1. The zero-order valence-electron chi connectivity index (χ0n) is 17.4. The Morgan fingerprint density at radius 2 is 1.66 bits per heavy atom. The minimum Gasteiger partial charge on any atom is -0.349 e. The molecule has 0 radical (unpaired) electrons. The third-order valence-corrected chi connectivity index (χ3v) is 6.78. The molecule has 0 bridgehead atoms. The highest BCUT2D eigenvalue weighted by Crippen LogP contribution is 2.22. The van der Waals surface area contributed by atoms with Gasteiger partial charge in [-0.2, -0.15) is 0 Å². The Morgan fingerprint density at radius 3 is 2.21 bits per heavy atom. The number of aryl methyl sites for hydroxylation is 1. The second-order valence-electron chi connectivity index (χ2n) is 8.11. The lowest BCUT2D eigenvalue weighted by atomic mass is 9.94. The van der Waals surface area contributed by atoms with Crippen LogP contribution < -0.4 is 5.32 Å². The van der Waals surface area contributed by atoms with E-state index in [0.717, 1.165) is 38.0 Å². The number of hydrogen-bond donors (Lipinski definition) is 1. The molecule has 2 aromatic rings. The number of carbonyl (C=O) groups is 1. The Balaban J connectivity index is 1.49. The lowest BCUT2D eigenvalue weighted by molar-refractivity contribution is -0.127. The third kappa shape index (κ3) is 5.90. The maximum absolute atomic E-state index is 12.7. The summed E-state index contributed by atoms with van der Waals surface area (Å²) in [5.74, 6) is 0.113. The summed E-state index contributed by atoms with van der Waals surface area (Å²) in [6.07, 6.45) is 2.91. The number of piperidine rings is 1. The van der Waals surface area contributed by atoms with Crippen LogP contribution in [-0.4, -0.2) is 38.6 Å². The molecular formula is C23H30N2O3S. The second kappa shape index (κ2) is 9.09. The standard InChI is InChI=1S/C23H30N2O3S/c1-17-4-6-19(7-5-17)16-25-14-12-21(13-15-25)23(26)24-18(2)20-8-10-22(11-9-20)29(3,27)28/h4-11,18,21H,12-16H2,1-3H3,(H,24,26)/t18-/m1/s1. The highest BCUT2D eigenvalue weighted by atomic mass is 32.2. The lowest BCUT2D eigenvalue weighted by Gasteiger charge is -2.32. The summed E-state index contributed by atoms with van der Waals surface area (Å²) in [6.45, 7) is 6.79. The van der Waals surface area contributed by atoms with Crippen molar-refractivity contribution in [2.24, 2.45) is 5.92 Å². The minimum atomic E-state index is -3.21. The molecule has 2 aromatic carbocycles.